The molecule has 36 heavy (non-hydrogen) atoms. The van der Waals surface area contributed by atoms with E-state index in [9.17, 15) is 9.18 Å². The van der Waals surface area contributed by atoms with Gasteiger partial charge in [0.25, 0.3) is 5.89 Å². The molecule has 1 aromatic heterocycles. The van der Waals surface area contributed by atoms with Crippen LogP contribution in [0, 0.1) is 5.82 Å². The van der Waals surface area contributed by atoms with Gasteiger partial charge in [0.15, 0.2) is 0 Å². The lowest BCUT2D eigenvalue weighted by molar-refractivity contribution is 0.244. The van der Waals surface area contributed by atoms with Gasteiger partial charge in [0.2, 0.25) is 5.82 Å². The highest BCUT2D eigenvalue weighted by atomic mass is 19.1. The Morgan fingerprint density at radius 1 is 0.917 bits per heavy atom. The van der Waals surface area contributed by atoms with E-state index < -0.39 is 6.04 Å². The molecule has 0 aliphatic carbocycles. The van der Waals surface area contributed by atoms with Crippen molar-refractivity contribution in [2.24, 2.45) is 0 Å². The molecule has 1 N–H and O–H groups in total. The summed E-state index contributed by atoms with van der Waals surface area (Å²) in [7, 11) is 0. The average Bonchev–Trinajstić information content (AvgIpc) is 3.39. The fourth-order valence-electron chi connectivity index (χ4n) is 4.46. The summed E-state index contributed by atoms with van der Waals surface area (Å²) in [6.45, 7) is 6.05. The summed E-state index contributed by atoms with van der Waals surface area (Å²) in [6, 6.07) is 21.1. The van der Waals surface area contributed by atoms with Gasteiger partial charge in [-0.05, 0) is 60.7 Å². The standard InChI is InChI=1S/C29H27FN4O2/c1-4-19-6-10-22(11-7-19)27-32-28(36-33-27)25-18(3)34(24-16-8-20(5-2)9-17-24)29(35)31-26(25)21-12-14-23(30)15-13-21/h6-17,26H,4-5H2,1-3H3,(H,31,35). The molecule has 1 aliphatic rings. The van der Waals surface area contributed by atoms with Crippen LogP contribution >= 0.6 is 0 Å². The number of carbonyl (C=O) groups is 1. The van der Waals surface area contributed by atoms with E-state index >= 15 is 0 Å². The minimum Gasteiger partial charge on any atom is -0.334 e. The summed E-state index contributed by atoms with van der Waals surface area (Å²) < 4.78 is 19.4. The third kappa shape index (κ3) is 4.40. The molecular formula is C29H27FN4O2. The normalized spacial score (nSPS) is 15.8. The van der Waals surface area contributed by atoms with Crippen LogP contribution in [-0.4, -0.2) is 16.2 Å². The van der Waals surface area contributed by atoms with Crippen LogP contribution in [0.3, 0.4) is 0 Å². The molecule has 182 valence electrons. The van der Waals surface area contributed by atoms with E-state index in [0.29, 0.717) is 28.5 Å². The van der Waals surface area contributed by atoms with E-state index in [1.54, 1.807) is 17.0 Å². The van der Waals surface area contributed by atoms with Gasteiger partial charge < -0.3 is 9.84 Å². The zero-order valence-corrected chi connectivity index (χ0v) is 20.5. The van der Waals surface area contributed by atoms with Crippen LogP contribution in [0.15, 0.2) is 83.0 Å². The van der Waals surface area contributed by atoms with Crippen molar-refractivity contribution in [2.75, 3.05) is 4.90 Å². The number of nitrogens with one attached hydrogen (secondary N) is 1. The van der Waals surface area contributed by atoms with Crippen molar-refractivity contribution >= 4 is 17.3 Å². The SMILES string of the molecule is CCc1ccc(-c2noc(C3=C(C)N(c4ccc(CC)cc4)C(=O)NC3c3ccc(F)cc3)n2)cc1. The van der Waals surface area contributed by atoms with Crippen molar-refractivity contribution in [2.45, 2.75) is 39.7 Å². The fraction of sp³-hybridized carbons (Fsp3) is 0.207. The van der Waals surface area contributed by atoms with Crippen LogP contribution in [-0.2, 0) is 12.8 Å². The van der Waals surface area contributed by atoms with Gasteiger partial charge in [-0.1, -0.05) is 67.5 Å². The Morgan fingerprint density at radius 2 is 1.53 bits per heavy atom. The first kappa shape index (κ1) is 23.5. The summed E-state index contributed by atoms with van der Waals surface area (Å²) >= 11 is 0. The number of halogens is 1. The van der Waals surface area contributed by atoms with Gasteiger partial charge in [-0.2, -0.15) is 4.98 Å². The number of allylic oxidation sites excluding steroid dienone is 1. The summed E-state index contributed by atoms with van der Waals surface area (Å²) in [5.74, 6) is 0.407. The number of benzene rings is 3. The molecule has 6 nitrogen and oxygen atoms in total. The number of aryl methyl sites for hydroxylation is 2. The molecule has 3 aromatic carbocycles. The van der Waals surface area contributed by atoms with Crippen molar-refractivity contribution in [3.63, 3.8) is 0 Å². The molecule has 0 bridgehead atoms. The van der Waals surface area contributed by atoms with Crippen LogP contribution in [0.1, 0.15) is 49.4 Å². The highest BCUT2D eigenvalue weighted by molar-refractivity contribution is 6.01. The second-order valence-electron chi connectivity index (χ2n) is 8.76. The van der Waals surface area contributed by atoms with E-state index in [1.165, 1.54) is 23.3 Å². The van der Waals surface area contributed by atoms with Crippen molar-refractivity contribution < 1.29 is 13.7 Å². The van der Waals surface area contributed by atoms with E-state index in [-0.39, 0.29) is 11.8 Å². The number of aromatic nitrogens is 2. The molecule has 2 heterocycles. The summed E-state index contributed by atoms with van der Waals surface area (Å²) in [5.41, 5.74) is 6.00. The van der Waals surface area contributed by atoms with Gasteiger partial charge in [-0.25, -0.2) is 9.18 Å². The number of anilines is 1. The molecule has 5 rings (SSSR count). The summed E-state index contributed by atoms with van der Waals surface area (Å²) in [4.78, 5) is 19.6. The molecule has 2 amide bonds. The number of carbonyl (C=O) groups excluding carboxylic acids is 1. The molecule has 0 saturated carbocycles. The van der Waals surface area contributed by atoms with Crippen molar-refractivity contribution in [1.82, 2.24) is 15.5 Å². The van der Waals surface area contributed by atoms with Crippen LogP contribution in [0.25, 0.3) is 17.0 Å². The maximum absolute atomic E-state index is 13.7. The number of urea groups is 1. The minimum absolute atomic E-state index is 0.287. The zero-order chi connectivity index (χ0) is 25.2. The molecule has 0 saturated heterocycles. The lowest BCUT2D eigenvalue weighted by atomic mass is 9.94. The summed E-state index contributed by atoms with van der Waals surface area (Å²) in [6.07, 6.45) is 1.85. The predicted octanol–water partition coefficient (Wildman–Crippen LogP) is 6.70. The van der Waals surface area contributed by atoms with Crippen LogP contribution < -0.4 is 10.2 Å². The van der Waals surface area contributed by atoms with E-state index in [0.717, 1.165) is 24.1 Å². The second kappa shape index (κ2) is 9.77. The highest BCUT2D eigenvalue weighted by Crippen LogP contribution is 2.39. The zero-order valence-electron chi connectivity index (χ0n) is 20.5. The van der Waals surface area contributed by atoms with Crippen LogP contribution in [0.2, 0.25) is 0 Å². The van der Waals surface area contributed by atoms with Gasteiger partial charge in [-0.3, -0.25) is 4.90 Å². The molecule has 0 fully saturated rings. The third-order valence-corrected chi connectivity index (χ3v) is 6.57. The van der Waals surface area contributed by atoms with Gasteiger partial charge in [-0.15, -0.1) is 0 Å². The van der Waals surface area contributed by atoms with E-state index in [1.807, 2.05) is 55.5 Å². The fourth-order valence-corrected chi connectivity index (χ4v) is 4.46. The molecule has 1 atom stereocenters. The Kier molecular flexibility index (Phi) is 6.38. The van der Waals surface area contributed by atoms with Crippen molar-refractivity contribution in [1.29, 1.82) is 0 Å². The number of nitrogens with zero attached hydrogens (tertiary/aromatic N) is 3. The van der Waals surface area contributed by atoms with Crippen molar-refractivity contribution in [3.05, 3.63) is 107 Å². The van der Waals surface area contributed by atoms with Gasteiger partial charge in [0.05, 0.1) is 17.3 Å². The van der Waals surface area contributed by atoms with Gasteiger partial charge >= 0.3 is 6.03 Å². The largest absolute Gasteiger partial charge is 0.334 e. The predicted molar refractivity (Wildman–Crippen MR) is 138 cm³/mol. The Balaban J connectivity index is 1.61. The Morgan fingerprint density at radius 3 is 2.14 bits per heavy atom. The lowest BCUT2D eigenvalue weighted by Crippen LogP contribution is -2.46. The van der Waals surface area contributed by atoms with Crippen LogP contribution in [0.4, 0.5) is 14.9 Å². The quantitative estimate of drug-likeness (QED) is 0.332. The maximum Gasteiger partial charge on any atom is 0.326 e. The van der Waals surface area contributed by atoms with Gasteiger partial charge in [0, 0.05) is 11.3 Å². The molecule has 0 spiro atoms. The molecule has 1 unspecified atom stereocenters. The monoisotopic (exact) mass is 482 g/mol. The number of rotatable bonds is 6. The average molecular weight is 483 g/mol. The highest BCUT2D eigenvalue weighted by Gasteiger charge is 2.36. The molecule has 1 aliphatic heterocycles. The van der Waals surface area contributed by atoms with Crippen LogP contribution in [0.5, 0.6) is 0 Å². The number of amides is 2. The van der Waals surface area contributed by atoms with E-state index in [4.69, 9.17) is 9.51 Å². The molecule has 4 aromatic rings. The maximum atomic E-state index is 13.7. The van der Waals surface area contributed by atoms with E-state index in [2.05, 4.69) is 24.3 Å². The number of hydrogen-bond donors (Lipinski definition) is 1. The second-order valence-corrected chi connectivity index (χ2v) is 8.76. The minimum atomic E-state index is -0.583. The number of hydrogen-bond acceptors (Lipinski definition) is 4. The summed E-state index contributed by atoms with van der Waals surface area (Å²) in [5, 5.41) is 7.27. The van der Waals surface area contributed by atoms with Gasteiger partial charge in [0.1, 0.15) is 5.82 Å². The Bertz CT molecular complexity index is 1410. The Labute approximate surface area is 209 Å². The Hall–Kier alpha value is -4.26. The molecule has 0 radical (unpaired) electrons. The molecule has 7 heteroatoms. The lowest BCUT2D eigenvalue weighted by Gasteiger charge is -2.35. The first-order chi connectivity index (χ1) is 17.5. The first-order valence-electron chi connectivity index (χ1n) is 12.1. The first-order valence-corrected chi connectivity index (χ1v) is 12.1. The van der Waals surface area contributed by atoms with Crippen molar-refractivity contribution in [3.8, 4) is 11.4 Å². The topological polar surface area (TPSA) is 71.3 Å². The molecular weight excluding hydrogens is 455 g/mol. The third-order valence-electron chi connectivity index (χ3n) is 6.57. The smallest absolute Gasteiger partial charge is 0.326 e.